The standard InChI is InChI=1S/C10H18O9/c11-2-7(15)5(13)1-6(14)10(18)19-4-9(17)8(16)3-12/h5-8,11-16H,1-4H2. The number of carbonyl (C=O) groups excluding carboxylic acids is 2. The molecule has 0 aromatic heterocycles. The van der Waals surface area contributed by atoms with Gasteiger partial charge in [0.2, 0.25) is 5.78 Å². The molecule has 6 N–H and O–H groups in total. The number of aliphatic hydroxyl groups excluding tert-OH is 6. The van der Waals surface area contributed by atoms with Crippen LogP contribution in [0.4, 0.5) is 0 Å². The molecule has 0 amide bonds. The highest BCUT2D eigenvalue weighted by atomic mass is 16.5. The van der Waals surface area contributed by atoms with Crippen LogP contribution in [0.1, 0.15) is 6.42 Å². The van der Waals surface area contributed by atoms with E-state index in [4.69, 9.17) is 20.4 Å². The largest absolute Gasteiger partial charge is 0.456 e. The van der Waals surface area contributed by atoms with Crippen molar-refractivity contribution in [1.29, 1.82) is 0 Å². The summed E-state index contributed by atoms with van der Waals surface area (Å²) in [7, 11) is 0. The minimum absolute atomic E-state index is 0.586. The fourth-order valence-electron chi connectivity index (χ4n) is 1.04. The summed E-state index contributed by atoms with van der Waals surface area (Å²) in [6, 6.07) is 0. The minimum atomic E-state index is -1.80. The molecular formula is C10H18O9. The summed E-state index contributed by atoms with van der Waals surface area (Å²) >= 11 is 0. The molecule has 0 aliphatic heterocycles. The number of ether oxygens (including phenoxy) is 1. The summed E-state index contributed by atoms with van der Waals surface area (Å²) in [5, 5.41) is 53.3. The first-order valence-corrected chi connectivity index (χ1v) is 5.46. The summed E-state index contributed by atoms with van der Waals surface area (Å²) in [6.45, 7) is -2.40. The fourth-order valence-corrected chi connectivity index (χ4v) is 1.04. The molecule has 0 rings (SSSR count). The van der Waals surface area contributed by atoms with Gasteiger partial charge in [0.1, 0.15) is 12.2 Å². The minimum Gasteiger partial charge on any atom is -0.456 e. The van der Waals surface area contributed by atoms with E-state index in [1.54, 1.807) is 0 Å². The Morgan fingerprint density at radius 3 is 1.95 bits per heavy atom. The van der Waals surface area contributed by atoms with Crippen molar-refractivity contribution >= 4 is 11.8 Å². The molecule has 0 spiro atoms. The van der Waals surface area contributed by atoms with Gasteiger partial charge < -0.3 is 35.4 Å². The molecule has 0 heterocycles. The van der Waals surface area contributed by atoms with E-state index in [1.807, 2.05) is 0 Å². The number of hydrogen-bond acceptors (Lipinski definition) is 9. The van der Waals surface area contributed by atoms with E-state index >= 15 is 0 Å². The molecule has 4 unspecified atom stereocenters. The van der Waals surface area contributed by atoms with Crippen molar-refractivity contribution in [1.82, 2.24) is 0 Å². The van der Waals surface area contributed by atoms with E-state index in [-0.39, 0.29) is 0 Å². The molecule has 0 radical (unpaired) electrons. The lowest BCUT2D eigenvalue weighted by molar-refractivity contribution is -0.160. The molecule has 112 valence electrons. The lowest BCUT2D eigenvalue weighted by Gasteiger charge is -2.18. The third kappa shape index (κ3) is 6.57. The summed E-state index contributed by atoms with van der Waals surface area (Å²) in [5.41, 5.74) is 0. The molecule has 9 nitrogen and oxygen atoms in total. The van der Waals surface area contributed by atoms with Gasteiger partial charge in [0.25, 0.3) is 0 Å². The molecule has 0 aliphatic carbocycles. The SMILES string of the molecule is O=C(COC(=O)C(O)CC(O)C(O)CO)C(O)CO. The molecule has 0 aromatic rings. The normalized spacial score (nSPS) is 17.4. The molecule has 0 saturated heterocycles. The molecular weight excluding hydrogens is 264 g/mol. The van der Waals surface area contributed by atoms with Crippen molar-refractivity contribution < 1.29 is 45.0 Å². The lowest BCUT2D eigenvalue weighted by Crippen LogP contribution is -2.37. The van der Waals surface area contributed by atoms with Crippen LogP contribution in [-0.2, 0) is 14.3 Å². The average molecular weight is 282 g/mol. The van der Waals surface area contributed by atoms with Crippen LogP contribution < -0.4 is 0 Å². The van der Waals surface area contributed by atoms with Crippen LogP contribution >= 0.6 is 0 Å². The second kappa shape index (κ2) is 8.91. The third-order valence-electron chi connectivity index (χ3n) is 2.27. The van der Waals surface area contributed by atoms with E-state index in [0.29, 0.717) is 0 Å². The zero-order chi connectivity index (χ0) is 15.0. The van der Waals surface area contributed by atoms with Crippen molar-refractivity contribution in [3.05, 3.63) is 0 Å². The van der Waals surface area contributed by atoms with E-state index < -0.39 is 62.4 Å². The maximum absolute atomic E-state index is 11.2. The number of esters is 1. The molecule has 0 bridgehead atoms. The van der Waals surface area contributed by atoms with Crippen LogP contribution in [0, 0.1) is 0 Å². The second-order valence-electron chi connectivity index (χ2n) is 3.84. The van der Waals surface area contributed by atoms with E-state index in [2.05, 4.69) is 4.74 Å². The first-order chi connectivity index (χ1) is 8.83. The Morgan fingerprint density at radius 2 is 1.47 bits per heavy atom. The number of rotatable bonds is 9. The van der Waals surface area contributed by atoms with Crippen molar-refractivity contribution in [2.75, 3.05) is 19.8 Å². The van der Waals surface area contributed by atoms with Gasteiger partial charge in [-0.05, 0) is 0 Å². The van der Waals surface area contributed by atoms with Gasteiger partial charge in [-0.2, -0.15) is 0 Å². The Hall–Kier alpha value is -1.10. The topological polar surface area (TPSA) is 165 Å². The maximum Gasteiger partial charge on any atom is 0.335 e. The Bertz CT molecular complexity index is 293. The summed E-state index contributed by atoms with van der Waals surface area (Å²) in [5.74, 6) is -2.18. The highest BCUT2D eigenvalue weighted by Crippen LogP contribution is 2.05. The van der Waals surface area contributed by atoms with Crippen LogP contribution in [0.25, 0.3) is 0 Å². The average Bonchev–Trinajstić information content (AvgIpc) is 2.41. The van der Waals surface area contributed by atoms with Crippen molar-refractivity contribution in [3.8, 4) is 0 Å². The van der Waals surface area contributed by atoms with E-state index in [9.17, 15) is 19.8 Å². The zero-order valence-corrected chi connectivity index (χ0v) is 10.0. The maximum atomic E-state index is 11.2. The van der Waals surface area contributed by atoms with Crippen LogP contribution in [0.5, 0.6) is 0 Å². The van der Waals surface area contributed by atoms with Gasteiger partial charge in [-0.15, -0.1) is 0 Å². The molecule has 0 saturated carbocycles. The monoisotopic (exact) mass is 282 g/mol. The van der Waals surface area contributed by atoms with Gasteiger partial charge in [-0.1, -0.05) is 0 Å². The Morgan fingerprint density at radius 1 is 0.895 bits per heavy atom. The van der Waals surface area contributed by atoms with Gasteiger partial charge in [-0.25, -0.2) is 4.79 Å². The van der Waals surface area contributed by atoms with Gasteiger partial charge in [0, 0.05) is 6.42 Å². The van der Waals surface area contributed by atoms with Crippen LogP contribution in [0.15, 0.2) is 0 Å². The van der Waals surface area contributed by atoms with Crippen molar-refractivity contribution in [3.63, 3.8) is 0 Å². The van der Waals surface area contributed by atoms with E-state index in [0.717, 1.165) is 0 Å². The highest BCUT2D eigenvalue weighted by Gasteiger charge is 2.26. The molecule has 9 heteroatoms. The summed E-state index contributed by atoms with van der Waals surface area (Å²) < 4.78 is 4.34. The number of ketones is 1. The second-order valence-corrected chi connectivity index (χ2v) is 3.84. The van der Waals surface area contributed by atoms with Gasteiger partial charge in [0.15, 0.2) is 12.7 Å². The summed E-state index contributed by atoms with van der Waals surface area (Å²) in [4.78, 5) is 22.2. The number of aliphatic hydroxyl groups is 6. The molecule has 19 heavy (non-hydrogen) atoms. The summed E-state index contributed by atoms with van der Waals surface area (Å²) in [6.07, 6.45) is -7.11. The number of hydrogen-bond donors (Lipinski definition) is 6. The molecule has 0 aromatic carbocycles. The predicted octanol–water partition coefficient (Wildman–Crippen LogP) is -4.08. The molecule has 0 aliphatic rings. The van der Waals surface area contributed by atoms with Crippen LogP contribution in [-0.4, -0.2) is 86.6 Å². The van der Waals surface area contributed by atoms with Gasteiger partial charge in [0.05, 0.1) is 19.3 Å². The lowest BCUT2D eigenvalue weighted by atomic mass is 10.1. The Kier molecular flexibility index (Phi) is 8.39. The third-order valence-corrected chi connectivity index (χ3v) is 2.27. The predicted molar refractivity (Wildman–Crippen MR) is 58.8 cm³/mol. The van der Waals surface area contributed by atoms with E-state index in [1.165, 1.54) is 0 Å². The Balaban J connectivity index is 4.11. The zero-order valence-electron chi connectivity index (χ0n) is 10.0. The first-order valence-electron chi connectivity index (χ1n) is 5.46. The quantitative estimate of drug-likeness (QED) is 0.231. The van der Waals surface area contributed by atoms with Crippen molar-refractivity contribution in [2.24, 2.45) is 0 Å². The van der Waals surface area contributed by atoms with Gasteiger partial charge >= 0.3 is 5.97 Å². The van der Waals surface area contributed by atoms with Crippen LogP contribution in [0.2, 0.25) is 0 Å². The number of Topliss-reactive ketones (excluding diaryl/α,β-unsaturated/α-hetero) is 1. The highest BCUT2D eigenvalue weighted by molar-refractivity contribution is 5.86. The van der Waals surface area contributed by atoms with Crippen molar-refractivity contribution in [2.45, 2.75) is 30.8 Å². The fraction of sp³-hybridized carbons (Fsp3) is 0.800. The Labute approximate surface area is 108 Å². The van der Waals surface area contributed by atoms with Gasteiger partial charge in [-0.3, -0.25) is 4.79 Å². The smallest absolute Gasteiger partial charge is 0.335 e. The first kappa shape index (κ1) is 17.9. The molecule has 0 fully saturated rings. The number of carbonyl (C=O) groups is 2. The van der Waals surface area contributed by atoms with Crippen LogP contribution in [0.3, 0.4) is 0 Å². The molecule has 4 atom stereocenters.